The number of nitrogens with zero attached hydrogens (tertiary/aromatic N) is 3. The fraction of sp³-hybridized carbons (Fsp3) is 0.727. The lowest BCUT2D eigenvalue weighted by molar-refractivity contribution is -0.174. The number of aryl methyl sites for hydroxylation is 1. The number of methoxy groups -OCH3 is 1. The molecular formula is C11H17F3N4O3. The van der Waals surface area contributed by atoms with Crippen LogP contribution in [0.3, 0.4) is 0 Å². The number of hydrogen-bond donors (Lipinski definition) is 1. The van der Waals surface area contributed by atoms with Crippen LogP contribution < -0.4 is 5.73 Å². The fourth-order valence-electron chi connectivity index (χ4n) is 1.66. The summed E-state index contributed by atoms with van der Waals surface area (Å²) in [6.45, 7) is -0.804. The molecule has 0 atom stereocenters. The molecule has 1 aromatic heterocycles. The van der Waals surface area contributed by atoms with Crippen LogP contribution in [0.2, 0.25) is 0 Å². The van der Waals surface area contributed by atoms with Gasteiger partial charge in [0.25, 0.3) is 0 Å². The molecule has 0 spiro atoms. The summed E-state index contributed by atoms with van der Waals surface area (Å²) in [5.74, 6) is -0.627. The Balaban J connectivity index is 2.55. The maximum Gasteiger partial charge on any atom is 0.411 e. The minimum absolute atomic E-state index is 0.0687. The maximum absolute atomic E-state index is 11.9. The first-order valence-corrected chi connectivity index (χ1v) is 6.24. The normalized spacial score (nSPS) is 11.7. The van der Waals surface area contributed by atoms with Crippen LogP contribution in [0.5, 0.6) is 0 Å². The van der Waals surface area contributed by atoms with Gasteiger partial charge in [0.15, 0.2) is 5.69 Å². The maximum atomic E-state index is 11.9. The van der Waals surface area contributed by atoms with E-state index in [2.05, 4.69) is 19.8 Å². The molecule has 0 unspecified atom stereocenters. The van der Waals surface area contributed by atoms with E-state index >= 15 is 0 Å². The first-order valence-electron chi connectivity index (χ1n) is 6.24. The standard InChI is InChI=1S/C11H17F3N4O3/c1-20-10(19)9-8(3-4-15)18(17-16-9)5-2-6-21-7-11(12,13)14/h2-7,15H2,1H3. The van der Waals surface area contributed by atoms with Crippen LogP contribution >= 0.6 is 0 Å². The van der Waals surface area contributed by atoms with E-state index in [0.29, 0.717) is 18.5 Å². The van der Waals surface area contributed by atoms with E-state index in [1.807, 2.05) is 0 Å². The number of rotatable bonds is 8. The highest BCUT2D eigenvalue weighted by Crippen LogP contribution is 2.14. The molecule has 0 bridgehead atoms. The zero-order valence-electron chi connectivity index (χ0n) is 11.5. The summed E-state index contributed by atoms with van der Waals surface area (Å²) in [6, 6.07) is 0. The molecular weight excluding hydrogens is 293 g/mol. The second-order valence-corrected chi connectivity index (χ2v) is 4.16. The van der Waals surface area contributed by atoms with Gasteiger partial charge in [-0.1, -0.05) is 5.21 Å². The Kier molecular flexibility index (Phi) is 6.56. The fourth-order valence-corrected chi connectivity index (χ4v) is 1.66. The molecule has 0 aliphatic carbocycles. The van der Waals surface area contributed by atoms with Crippen LogP contribution in [0.15, 0.2) is 0 Å². The molecule has 10 heteroatoms. The van der Waals surface area contributed by atoms with Gasteiger partial charge in [-0.25, -0.2) is 9.48 Å². The van der Waals surface area contributed by atoms with Crippen molar-refractivity contribution in [2.75, 3.05) is 26.9 Å². The Bertz CT molecular complexity index is 462. The van der Waals surface area contributed by atoms with E-state index in [1.165, 1.54) is 11.8 Å². The second-order valence-electron chi connectivity index (χ2n) is 4.16. The number of hydrogen-bond acceptors (Lipinski definition) is 6. The molecule has 1 aromatic rings. The molecule has 0 aliphatic heterocycles. The van der Waals surface area contributed by atoms with E-state index in [9.17, 15) is 18.0 Å². The van der Waals surface area contributed by atoms with E-state index in [1.54, 1.807) is 0 Å². The number of ether oxygens (including phenoxy) is 2. The highest BCUT2D eigenvalue weighted by atomic mass is 19.4. The van der Waals surface area contributed by atoms with Crippen molar-refractivity contribution in [1.82, 2.24) is 15.0 Å². The molecule has 21 heavy (non-hydrogen) atoms. The first kappa shape index (κ1) is 17.4. The molecule has 1 heterocycles. The van der Waals surface area contributed by atoms with Gasteiger partial charge in [0.05, 0.1) is 12.8 Å². The molecule has 120 valence electrons. The minimum atomic E-state index is -4.34. The van der Waals surface area contributed by atoms with Crippen LogP contribution in [0.1, 0.15) is 22.6 Å². The lowest BCUT2D eigenvalue weighted by atomic mass is 10.2. The minimum Gasteiger partial charge on any atom is -0.464 e. The highest BCUT2D eigenvalue weighted by molar-refractivity contribution is 5.88. The average Bonchev–Trinajstić information content (AvgIpc) is 2.80. The van der Waals surface area contributed by atoms with Crippen LogP contribution in [-0.2, 0) is 22.4 Å². The lowest BCUT2D eigenvalue weighted by Crippen LogP contribution is -2.18. The third-order valence-electron chi connectivity index (χ3n) is 2.52. The van der Waals surface area contributed by atoms with Crippen LogP contribution in [0, 0.1) is 0 Å². The molecule has 0 saturated carbocycles. The Morgan fingerprint density at radius 3 is 2.71 bits per heavy atom. The number of nitrogens with two attached hydrogens (primary N) is 1. The van der Waals surface area contributed by atoms with Gasteiger partial charge in [0.2, 0.25) is 0 Å². The van der Waals surface area contributed by atoms with E-state index in [4.69, 9.17) is 5.73 Å². The van der Waals surface area contributed by atoms with Gasteiger partial charge in [-0.15, -0.1) is 5.10 Å². The van der Waals surface area contributed by atoms with Gasteiger partial charge in [0.1, 0.15) is 6.61 Å². The van der Waals surface area contributed by atoms with E-state index < -0.39 is 18.8 Å². The molecule has 0 amide bonds. The number of carbonyl (C=O) groups excluding carboxylic acids is 1. The Hall–Kier alpha value is -1.68. The number of carbonyl (C=O) groups is 1. The van der Waals surface area contributed by atoms with Gasteiger partial charge in [0, 0.05) is 19.6 Å². The van der Waals surface area contributed by atoms with Crippen molar-refractivity contribution in [2.45, 2.75) is 25.6 Å². The predicted octanol–water partition coefficient (Wildman–Crippen LogP) is 0.535. The van der Waals surface area contributed by atoms with Crippen molar-refractivity contribution < 1.29 is 27.4 Å². The largest absolute Gasteiger partial charge is 0.464 e. The first-order chi connectivity index (χ1) is 9.89. The Labute approximate surface area is 119 Å². The summed E-state index contributed by atoms with van der Waals surface area (Å²) >= 11 is 0. The topological polar surface area (TPSA) is 92.3 Å². The second kappa shape index (κ2) is 7.93. The molecule has 7 nitrogen and oxygen atoms in total. The number of halogens is 3. The van der Waals surface area contributed by atoms with Crippen LogP contribution in [-0.4, -0.2) is 54.0 Å². The average molecular weight is 310 g/mol. The number of alkyl halides is 3. The van der Waals surface area contributed by atoms with Crippen molar-refractivity contribution in [2.24, 2.45) is 5.73 Å². The Morgan fingerprint density at radius 1 is 1.43 bits per heavy atom. The van der Waals surface area contributed by atoms with Crippen LogP contribution in [0.4, 0.5) is 13.2 Å². The zero-order chi connectivity index (χ0) is 15.9. The number of esters is 1. The summed E-state index contributed by atoms with van der Waals surface area (Å²) in [7, 11) is 1.22. The summed E-state index contributed by atoms with van der Waals surface area (Å²) in [6.07, 6.45) is -3.67. The summed E-state index contributed by atoms with van der Waals surface area (Å²) < 4.78 is 46.1. The smallest absolute Gasteiger partial charge is 0.411 e. The summed E-state index contributed by atoms with van der Waals surface area (Å²) in [5.41, 5.74) is 6.02. The molecule has 0 aromatic carbocycles. The van der Waals surface area contributed by atoms with E-state index in [-0.39, 0.29) is 25.4 Å². The summed E-state index contributed by atoms with van der Waals surface area (Å²) in [4.78, 5) is 11.5. The van der Waals surface area contributed by atoms with Gasteiger partial charge in [-0.05, 0) is 13.0 Å². The molecule has 0 fully saturated rings. The van der Waals surface area contributed by atoms with Gasteiger partial charge in [-0.3, -0.25) is 0 Å². The summed E-state index contributed by atoms with van der Waals surface area (Å²) in [5, 5.41) is 7.49. The highest BCUT2D eigenvalue weighted by Gasteiger charge is 2.27. The van der Waals surface area contributed by atoms with Crippen molar-refractivity contribution in [3.05, 3.63) is 11.4 Å². The zero-order valence-corrected chi connectivity index (χ0v) is 11.5. The molecule has 1 rings (SSSR count). The molecule has 0 saturated heterocycles. The van der Waals surface area contributed by atoms with Gasteiger partial charge >= 0.3 is 12.1 Å². The van der Waals surface area contributed by atoms with Crippen molar-refractivity contribution in [3.63, 3.8) is 0 Å². The lowest BCUT2D eigenvalue weighted by Gasteiger charge is -2.09. The SMILES string of the molecule is COC(=O)c1nnn(CCCOCC(F)(F)F)c1CCN. The molecule has 2 N–H and O–H groups in total. The third-order valence-corrected chi connectivity index (χ3v) is 2.52. The predicted molar refractivity (Wildman–Crippen MR) is 65.6 cm³/mol. The van der Waals surface area contributed by atoms with Gasteiger partial charge < -0.3 is 15.2 Å². The molecule has 0 aliphatic rings. The Morgan fingerprint density at radius 2 is 2.14 bits per heavy atom. The van der Waals surface area contributed by atoms with Gasteiger partial charge in [-0.2, -0.15) is 13.2 Å². The third kappa shape index (κ3) is 5.68. The van der Waals surface area contributed by atoms with Crippen LogP contribution in [0.25, 0.3) is 0 Å². The van der Waals surface area contributed by atoms with E-state index in [0.717, 1.165) is 0 Å². The van der Waals surface area contributed by atoms with Crippen molar-refractivity contribution in [1.29, 1.82) is 0 Å². The monoisotopic (exact) mass is 310 g/mol. The quantitative estimate of drug-likeness (QED) is 0.556. The van der Waals surface area contributed by atoms with Crippen molar-refractivity contribution >= 4 is 5.97 Å². The van der Waals surface area contributed by atoms with Crippen molar-refractivity contribution in [3.8, 4) is 0 Å². The molecule has 0 radical (unpaired) electrons. The number of aromatic nitrogens is 3.